The molecule has 0 spiro atoms. The molecule has 1 aromatic heterocycles. The van der Waals surface area contributed by atoms with Crippen LogP contribution >= 0.6 is 27.7 Å². The summed E-state index contributed by atoms with van der Waals surface area (Å²) in [7, 11) is 1.82. The van der Waals surface area contributed by atoms with E-state index >= 15 is 0 Å². The molecule has 0 radical (unpaired) electrons. The zero-order chi connectivity index (χ0) is 18.5. The van der Waals surface area contributed by atoms with Crippen LogP contribution in [0.3, 0.4) is 0 Å². The van der Waals surface area contributed by atoms with Gasteiger partial charge in [0, 0.05) is 40.7 Å². The summed E-state index contributed by atoms with van der Waals surface area (Å²) in [5.41, 5.74) is 0. The van der Waals surface area contributed by atoms with Gasteiger partial charge in [-0.15, -0.1) is 11.8 Å². The number of hydrogen-bond donors (Lipinski definition) is 2. The molecule has 0 saturated heterocycles. The largest absolute Gasteiger partial charge is 0.355 e. The normalized spacial score (nSPS) is 18.3. The minimum atomic E-state index is 0.323. The molecular formula is C18H25BrN6S. The number of fused-ring (bicyclic) bond motifs is 1. The van der Waals surface area contributed by atoms with Crippen LogP contribution in [0.1, 0.15) is 25.0 Å². The van der Waals surface area contributed by atoms with Crippen molar-refractivity contribution in [3.63, 3.8) is 0 Å². The van der Waals surface area contributed by atoms with E-state index in [2.05, 4.69) is 72.8 Å². The predicted octanol–water partition coefficient (Wildman–Crippen LogP) is 3.01. The van der Waals surface area contributed by atoms with Gasteiger partial charge in [0.15, 0.2) is 5.96 Å². The topological polar surface area (TPSA) is 67.1 Å². The first-order valence-corrected chi connectivity index (χ1v) is 10.5. The maximum atomic E-state index is 4.46. The Morgan fingerprint density at radius 3 is 2.92 bits per heavy atom. The monoisotopic (exact) mass is 436 g/mol. The Labute approximate surface area is 167 Å². The molecule has 26 heavy (non-hydrogen) atoms. The van der Waals surface area contributed by atoms with Crippen LogP contribution in [0.25, 0.3) is 0 Å². The highest BCUT2D eigenvalue weighted by atomic mass is 79.9. The summed E-state index contributed by atoms with van der Waals surface area (Å²) < 4.78 is 3.12. The van der Waals surface area contributed by atoms with Crippen molar-refractivity contribution in [2.75, 3.05) is 13.6 Å². The number of aliphatic imine (C=N–C) groups is 1. The molecule has 1 aromatic carbocycles. The number of hydrogen-bond acceptors (Lipinski definition) is 4. The number of rotatable bonds is 5. The number of halogens is 1. The summed E-state index contributed by atoms with van der Waals surface area (Å²) in [6.07, 6.45) is 1.99. The number of nitrogens with one attached hydrogen (secondary N) is 2. The van der Waals surface area contributed by atoms with Crippen molar-refractivity contribution in [3.8, 4) is 0 Å². The second-order valence-corrected chi connectivity index (χ2v) is 8.90. The van der Waals surface area contributed by atoms with Gasteiger partial charge in [-0.3, -0.25) is 4.99 Å². The van der Waals surface area contributed by atoms with Crippen LogP contribution in [0.2, 0.25) is 0 Å². The molecule has 0 fully saturated rings. The lowest BCUT2D eigenvalue weighted by atomic mass is 10.1. The van der Waals surface area contributed by atoms with Crippen molar-refractivity contribution in [3.05, 3.63) is 40.4 Å². The zero-order valence-electron chi connectivity index (χ0n) is 15.4. The van der Waals surface area contributed by atoms with E-state index in [-0.39, 0.29) is 0 Å². The molecule has 2 unspecified atom stereocenters. The minimum absolute atomic E-state index is 0.323. The van der Waals surface area contributed by atoms with Crippen LogP contribution in [-0.4, -0.2) is 45.6 Å². The molecule has 2 atom stereocenters. The average Bonchev–Trinajstić information content (AvgIpc) is 2.99. The second-order valence-electron chi connectivity index (χ2n) is 6.47. The van der Waals surface area contributed by atoms with Crippen molar-refractivity contribution in [2.45, 2.75) is 49.4 Å². The molecule has 0 amide bonds. The molecule has 2 heterocycles. The van der Waals surface area contributed by atoms with Gasteiger partial charge in [0.05, 0.1) is 6.54 Å². The van der Waals surface area contributed by atoms with Gasteiger partial charge in [0.1, 0.15) is 11.6 Å². The Morgan fingerprint density at radius 1 is 1.42 bits per heavy atom. The van der Waals surface area contributed by atoms with Gasteiger partial charge in [0.2, 0.25) is 0 Å². The van der Waals surface area contributed by atoms with Crippen LogP contribution < -0.4 is 10.6 Å². The Hall–Kier alpha value is -1.54. The molecule has 3 rings (SSSR count). The summed E-state index contributed by atoms with van der Waals surface area (Å²) in [5.74, 6) is 2.78. The van der Waals surface area contributed by atoms with E-state index in [0.717, 1.165) is 48.0 Å². The number of guanidine groups is 1. The Kier molecular flexibility index (Phi) is 6.58. The molecular weight excluding hydrogens is 412 g/mol. The van der Waals surface area contributed by atoms with E-state index in [1.54, 1.807) is 0 Å². The van der Waals surface area contributed by atoms with Gasteiger partial charge in [-0.05, 0) is 37.6 Å². The zero-order valence-corrected chi connectivity index (χ0v) is 17.8. The summed E-state index contributed by atoms with van der Waals surface area (Å²) in [6.45, 7) is 5.84. The SMILES string of the molecule is CN=C(NCC(C)Sc1ccc(Br)cc1)NC1CCc2nc(C)nn2C1. The molecule has 6 nitrogen and oxygen atoms in total. The fourth-order valence-electron chi connectivity index (χ4n) is 2.97. The van der Waals surface area contributed by atoms with E-state index in [4.69, 9.17) is 0 Å². The maximum absolute atomic E-state index is 4.46. The number of aryl methyl sites for hydroxylation is 2. The molecule has 8 heteroatoms. The quantitative estimate of drug-likeness (QED) is 0.428. The average molecular weight is 437 g/mol. The molecule has 1 aliphatic heterocycles. The van der Waals surface area contributed by atoms with Gasteiger partial charge in [-0.25, -0.2) is 9.67 Å². The van der Waals surface area contributed by atoms with E-state index in [0.29, 0.717) is 11.3 Å². The van der Waals surface area contributed by atoms with Crippen LogP contribution in [0.15, 0.2) is 38.6 Å². The standard InChI is InChI=1S/C18H25BrN6S/c1-12(26-16-7-4-14(19)5-8-16)10-21-18(20-3)23-15-6-9-17-22-13(2)24-25(17)11-15/h4-5,7-8,12,15H,6,9-11H2,1-3H3,(H2,20,21,23). The summed E-state index contributed by atoms with van der Waals surface area (Å²) in [6, 6.07) is 8.75. The molecule has 0 bridgehead atoms. The summed E-state index contributed by atoms with van der Waals surface area (Å²) >= 11 is 5.33. The van der Waals surface area contributed by atoms with Crippen molar-refractivity contribution in [1.82, 2.24) is 25.4 Å². The molecule has 2 aromatic rings. The second kappa shape index (κ2) is 8.90. The lowest BCUT2D eigenvalue weighted by Gasteiger charge is -2.26. The van der Waals surface area contributed by atoms with Crippen molar-refractivity contribution in [2.24, 2.45) is 4.99 Å². The van der Waals surface area contributed by atoms with Crippen LogP contribution in [-0.2, 0) is 13.0 Å². The highest BCUT2D eigenvalue weighted by Gasteiger charge is 2.21. The number of benzene rings is 1. The van der Waals surface area contributed by atoms with Gasteiger partial charge >= 0.3 is 0 Å². The maximum Gasteiger partial charge on any atom is 0.191 e. The van der Waals surface area contributed by atoms with Crippen LogP contribution in [0.5, 0.6) is 0 Å². The van der Waals surface area contributed by atoms with Gasteiger partial charge in [-0.2, -0.15) is 5.10 Å². The Balaban J connectivity index is 1.46. The lowest BCUT2D eigenvalue weighted by Crippen LogP contribution is -2.48. The number of nitrogens with zero attached hydrogens (tertiary/aromatic N) is 4. The first-order valence-electron chi connectivity index (χ1n) is 8.83. The first kappa shape index (κ1) is 19.2. The fraction of sp³-hybridized carbons (Fsp3) is 0.500. The van der Waals surface area contributed by atoms with Gasteiger partial charge in [0.25, 0.3) is 0 Å². The smallest absolute Gasteiger partial charge is 0.191 e. The third-order valence-electron chi connectivity index (χ3n) is 4.24. The van der Waals surface area contributed by atoms with E-state index in [1.807, 2.05) is 30.4 Å². The summed E-state index contributed by atoms with van der Waals surface area (Å²) in [5, 5.41) is 11.9. The highest BCUT2D eigenvalue weighted by Crippen LogP contribution is 2.24. The third-order valence-corrected chi connectivity index (χ3v) is 5.88. The number of thioether (sulfide) groups is 1. The Bertz CT molecular complexity index is 758. The van der Waals surface area contributed by atoms with Crippen molar-refractivity contribution < 1.29 is 0 Å². The van der Waals surface area contributed by atoms with Gasteiger partial charge in [-0.1, -0.05) is 22.9 Å². The molecule has 0 aliphatic carbocycles. The van der Waals surface area contributed by atoms with Crippen molar-refractivity contribution in [1.29, 1.82) is 0 Å². The van der Waals surface area contributed by atoms with E-state index in [1.165, 1.54) is 4.90 Å². The lowest BCUT2D eigenvalue weighted by molar-refractivity contribution is 0.392. The molecule has 2 N–H and O–H groups in total. The van der Waals surface area contributed by atoms with Crippen LogP contribution in [0, 0.1) is 6.92 Å². The number of aromatic nitrogens is 3. The van der Waals surface area contributed by atoms with E-state index < -0.39 is 0 Å². The first-order chi connectivity index (χ1) is 12.5. The third kappa shape index (κ3) is 5.23. The van der Waals surface area contributed by atoms with Crippen molar-refractivity contribution >= 4 is 33.7 Å². The highest BCUT2D eigenvalue weighted by molar-refractivity contribution is 9.10. The van der Waals surface area contributed by atoms with E-state index in [9.17, 15) is 0 Å². The predicted molar refractivity (Wildman–Crippen MR) is 111 cm³/mol. The minimum Gasteiger partial charge on any atom is -0.355 e. The fourth-order valence-corrected chi connectivity index (χ4v) is 4.16. The Morgan fingerprint density at radius 2 is 2.19 bits per heavy atom. The van der Waals surface area contributed by atoms with Crippen LogP contribution in [0.4, 0.5) is 0 Å². The van der Waals surface area contributed by atoms with Gasteiger partial charge < -0.3 is 10.6 Å². The molecule has 0 saturated carbocycles. The molecule has 140 valence electrons. The summed E-state index contributed by atoms with van der Waals surface area (Å²) in [4.78, 5) is 10.1. The molecule has 1 aliphatic rings.